The third-order valence-corrected chi connectivity index (χ3v) is 5.73. The van der Waals surface area contributed by atoms with Crippen LogP contribution >= 0.6 is 0 Å². The normalized spacial score (nSPS) is 13.4. The summed E-state index contributed by atoms with van der Waals surface area (Å²) in [6.45, 7) is 0. The molecule has 0 saturated carbocycles. The van der Waals surface area contributed by atoms with Crippen molar-refractivity contribution in [3.63, 3.8) is 0 Å². The molecule has 22 heavy (non-hydrogen) atoms. The number of hydrogen-bond donors (Lipinski definition) is 3. The van der Waals surface area contributed by atoms with E-state index in [0.717, 1.165) is 6.07 Å². The lowest BCUT2D eigenvalue weighted by Gasteiger charge is -2.12. The molecule has 0 radical (unpaired) electrons. The highest BCUT2D eigenvalue weighted by molar-refractivity contribution is 7.90. The molecule has 12 heteroatoms. The van der Waals surface area contributed by atoms with E-state index >= 15 is 0 Å². The Hall–Kier alpha value is -1.57. The van der Waals surface area contributed by atoms with Gasteiger partial charge in [0, 0.05) is 5.39 Å². The minimum Gasteiger partial charge on any atom is -0.282 e. The van der Waals surface area contributed by atoms with Crippen LogP contribution in [-0.2, 0) is 30.4 Å². The topological polar surface area (TPSA) is 163 Å². The summed E-state index contributed by atoms with van der Waals surface area (Å²) in [7, 11) is -15.8. The molecule has 0 aliphatic heterocycles. The van der Waals surface area contributed by atoms with E-state index in [4.69, 9.17) is 9.11 Å². The summed E-state index contributed by atoms with van der Waals surface area (Å²) in [6, 6.07) is 5.69. The summed E-state index contributed by atoms with van der Waals surface area (Å²) in [5, 5.41) is -0.430. The van der Waals surface area contributed by atoms with Crippen LogP contribution in [0.3, 0.4) is 0 Å². The zero-order valence-electron chi connectivity index (χ0n) is 10.4. The lowest BCUT2D eigenvalue weighted by Crippen LogP contribution is -2.15. The molecule has 0 spiro atoms. The zero-order valence-corrected chi connectivity index (χ0v) is 12.9. The molecule has 0 aliphatic carbocycles. The van der Waals surface area contributed by atoms with E-state index in [-0.39, 0.29) is 10.8 Å². The summed E-state index contributed by atoms with van der Waals surface area (Å²) in [6.07, 6.45) is 0. The fourth-order valence-corrected chi connectivity index (χ4v) is 5.37. The van der Waals surface area contributed by atoms with Gasteiger partial charge in [-0.1, -0.05) is 24.3 Å². The molecule has 0 bridgehead atoms. The maximum atomic E-state index is 11.5. The molecule has 0 amide bonds. The Bertz CT molecular complexity index is 1080. The Labute approximate surface area is 125 Å². The summed E-state index contributed by atoms with van der Waals surface area (Å²) >= 11 is 0. The number of benzene rings is 2. The molecule has 0 unspecified atom stereocenters. The highest BCUT2D eigenvalue weighted by Crippen LogP contribution is 2.35. The van der Waals surface area contributed by atoms with Crippen molar-refractivity contribution in [3.8, 4) is 0 Å². The van der Waals surface area contributed by atoms with Gasteiger partial charge < -0.3 is 0 Å². The van der Waals surface area contributed by atoms with Crippen LogP contribution in [0.25, 0.3) is 10.8 Å². The lowest BCUT2D eigenvalue weighted by molar-refractivity contribution is 0.457. The predicted octanol–water partition coefficient (Wildman–Crippen LogP) is 0.580. The monoisotopic (exact) mass is 368 g/mol. The van der Waals surface area contributed by atoms with E-state index in [2.05, 4.69) is 0 Å². The van der Waals surface area contributed by atoms with Crippen molar-refractivity contribution in [3.05, 3.63) is 30.3 Å². The van der Waals surface area contributed by atoms with Crippen molar-refractivity contribution in [1.29, 1.82) is 0 Å². The van der Waals surface area contributed by atoms with Gasteiger partial charge in [0.25, 0.3) is 30.4 Å². The van der Waals surface area contributed by atoms with Gasteiger partial charge in [-0.3, -0.25) is 13.7 Å². The minimum atomic E-state index is -5.40. The van der Waals surface area contributed by atoms with Crippen LogP contribution in [0, 0.1) is 0 Å². The Morgan fingerprint density at radius 3 is 1.64 bits per heavy atom. The average Bonchev–Trinajstić information content (AvgIpc) is 2.33. The summed E-state index contributed by atoms with van der Waals surface area (Å²) in [5.74, 6) is 0. The highest BCUT2D eigenvalue weighted by Gasteiger charge is 2.34. The van der Waals surface area contributed by atoms with Crippen molar-refractivity contribution < 1.29 is 38.9 Å². The Morgan fingerprint density at radius 2 is 1.18 bits per heavy atom. The van der Waals surface area contributed by atoms with Crippen molar-refractivity contribution in [2.75, 3.05) is 0 Å². The molecule has 120 valence electrons. The van der Waals surface area contributed by atoms with Crippen molar-refractivity contribution in [1.82, 2.24) is 0 Å². The van der Waals surface area contributed by atoms with Crippen LogP contribution in [0.2, 0.25) is 0 Å². The van der Waals surface area contributed by atoms with Gasteiger partial charge in [-0.05, 0) is 11.5 Å². The largest absolute Gasteiger partial charge is 0.297 e. The fourth-order valence-electron chi connectivity index (χ4n) is 1.96. The summed E-state index contributed by atoms with van der Waals surface area (Å²) in [4.78, 5) is -4.31. The number of rotatable bonds is 3. The lowest BCUT2D eigenvalue weighted by atomic mass is 10.1. The van der Waals surface area contributed by atoms with Crippen molar-refractivity contribution in [2.24, 2.45) is 0 Å². The van der Waals surface area contributed by atoms with Crippen molar-refractivity contribution >= 4 is 41.1 Å². The first-order chi connectivity index (χ1) is 9.83. The maximum absolute atomic E-state index is 11.5. The van der Waals surface area contributed by atoms with Gasteiger partial charge in [0.05, 0.1) is 0 Å². The second kappa shape index (κ2) is 4.97. The molecular weight excluding hydrogens is 360 g/mol. The molecule has 0 fully saturated rings. The van der Waals surface area contributed by atoms with E-state index in [1.807, 2.05) is 0 Å². The molecule has 0 aromatic heterocycles. The summed E-state index contributed by atoms with van der Waals surface area (Å²) in [5.41, 5.74) is 0. The zero-order chi connectivity index (χ0) is 16.9. The first kappa shape index (κ1) is 16.8. The molecule has 9 nitrogen and oxygen atoms in total. The van der Waals surface area contributed by atoms with E-state index in [1.54, 1.807) is 0 Å². The SMILES string of the molecule is O=S(=O)(O)c1cc2ccccc2c(S(=O)(=O)O)c1S(=O)(=O)O. The van der Waals surface area contributed by atoms with E-state index < -0.39 is 45.0 Å². The van der Waals surface area contributed by atoms with Crippen LogP contribution in [0.4, 0.5) is 0 Å². The standard InChI is InChI=1S/C10H8O9S3/c11-20(12,13)8-5-6-3-1-2-4-7(6)9(21(14,15)16)10(8)22(17,18)19/h1-5H,(H,11,12,13)(H,14,15,16)(H,17,18,19). The van der Waals surface area contributed by atoms with Gasteiger partial charge in [0.1, 0.15) is 14.7 Å². The van der Waals surface area contributed by atoms with E-state index in [9.17, 15) is 29.8 Å². The molecule has 2 aromatic rings. The Morgan fingerprint density at radius 1 is 0.682 bits per heavy atom. The molecule has 0 atom stereocenters. The maximum Gasteiger partial charge on any atom is 0.297 e. The Kier molecular flexibility index (Phi) is 3.80. The quantitative estimate of drug-likeness (QED) is 0.657. The molecular formula is C10H8O9S3. The van der Waals surface area contributed by atoms with Gasteiger partial charge >= 0.3 is 0 Å². The minimum absolute atomic E-state index is 0.0878. The second-order valence-electron chi connectivity index (χ2n) is 4.18. The Balaban J connectivity index is 3.32. The molecule has 0 saturated heterocycles. The van der Waals surface area contributed by atoms with Gasteiger partial charge in [-0.15, -0.1) is 0 Å². The van der Waals surface area contributed by atoms with Gasteiger partial charge in [-0.2, -0.15) is 25.3 Å². The van der Waals surface area contributed by atoms with Crippen molar-refractivity contribution in [2.45, 2.75) is 14.7 Å². The van der Waals surface area contributed by atoms with Crippen LogP contribution in [-0.4, -0.2) is 38.9 Å². The smallest absolute Gasteiger partial charge is 0.282 e. The number of hydrogen-bond acceptors (Lipinski definition) is 6. The van der Waals surface area contributed by atoms with Gasteiger partial charge in [0.15, 0.2) is 0 Å². The predicted molar refractivity (Wildman–Crippen MR) is 73.4 cm³/mol. The molecule has 0 aliphatic rings. The number of fused-ring (bicyclic) bond motifs is 1. The highest BCUT2D eigenvalue weighted by atomic mass is 32.2. The molecule has 3 N–H and O–H groups in total. The van der Waals surface area contributed by atoms with Crippen LogP contribution < -0.4 is 0 Å². The first-order valence-electron chi connectivity index (χ1n) is 5.31. The summed E-state index contributed by atoms with van der Waals surface area (Å²) < 4.78 is 96.0. The van der Waals surface area contributed by atoms with Crippen LogP contribution in [0.15, 0.2) is 45.0 Å². The first-order valence-corrected chi connectivity index (χ1v) is 9.63. The van der Waals surface area contributed by atoms with Gasteiger partial charge in [-0.25, -0.2) is 0 Å². The van der Waals surface area contributed by atoms with Crippen LogP contribution in [0.1, 0.15) is 0 Å². The molecule has 0 heterocycles. The van der Waals surface area contributed by atoms with E-state index in [0.29, 0.717) is 6.07 Å². The third kappa shape index (κ3) is 2.97. The third-order valence-electron chi connectivity index (χ3n) is 2.72. The molecule has 2 aromatic carbocycles. The van der Waals surface area contributed by atoms with E-state index in [1.165, 1.54) is 18.2 Å². The fraction of sp³-hybridized carbons (Fsp3) is 0. The molecule has 2 rings (SSSR count). The van der Waals surface area contributed by atoms with Crippen LogP contribution in [0.5, 0.6) is 0 Å². The van der Waals surface area contributed by atoms with Gasteiger partial charge in [0.2, 0.25) is 0 Å². The average molecular weight is 368 g/mol. The second-order valence-corrected chi connectivity index (χ2v) is 8.29.